The zero-order chi connectivity index (χ0) is 18.6. The average molecular weight is 406 g/mol. The maximum Gasteiger partial charge on any atom is 0.251 e. The molecule has 1 fully saturated rings. The van der Waals surface area contributed by atoms with E-state index in [0.717, 1.165) is 0 Å². The van der Waals surface area contributed by atoms with Gasteiger partial charge in [-0.2, -0.15) is 4.31 Å². The molecule has 1 aromatic carbocycles. The normalized spacial score (nSPS) is 22.3. The Bertz CT molecular complexity index is 684. The zero-order valence-electron chi connectivity index (χ0n) is 15.3. The lowest BCUT2D eigenvalue weighted by atomic mass is 10.2. The van der Waals surface area contributed by atoms with Crippen molar-refractivity contribution in [2.45, 2.75) is 50.3 Å². The van der Waals surface area contributed by atoms with Crippen LogP contribution in [0.4, 0.5) is 0 Å². The van der Waals surface area contributed by atoms with Gasteiger partial charge in [-0.1, -0.05) is 0 Å². The first-order valence-electron chi connectivity index (χ1n) is 8.49. The fraction of sp³-hybridized carbons (Fsp3) is 0.588. The van der Waals surface area contributed by atoms with Crippen molar-refractivity contribution in [3.8, 4) is 0 Å². The molecule has 1 aliphatic rings. The summed E-state index contributed by atoms with van der Waals surface area (Å²) in [5, 5.41) is 2.77. The lowest BCUT2D eigenvalue weighted by Crippen LogP contribution is -2.48. The molecule has 1 aromatic rings. The largest absolute Gasteiger partial charge is 0.373 e. The third-order valence-corrected chi connectivity index (χ3v) is 5.87. The summed E-state index contributed by atoms with van der Waals surface area (Å²) in [5.41, 5.74) is 6.07. The van der Waals surface area contributed by atoms with Crippen LogP contribution in [-0.4, -0.2) is 56.5 Å². The minimum atomic E-state index is -3.59. The number of nitrogens with zero attached hydrogens (tertiary/aromatic N) is 1. The molecule has 1 amide bonds. The fourth-order valence-corrected chi connectivity index (χ4v) is 4.36. The topological polar surface area (TPSA) is 102 Å². The van der Waals surface area contributed by atoms with Gasteiger partial charge in [0.15, 0.2) is 0 Å². The number of carbonyl (C=O) groups excluding carboxylic acids is 1. The zero-order valence-corrected chi connectivity index (χ0v) is 17.0. The highest BCUT2D eigenvalue weighted by molar-refractivity contribution is 7.89. The standard InChI is InChI=1S/C17H27N3O4S.ClH/c1-12(18)8-9-19-17(21)15-4-6-16(7-5-15)25(22,23)20-10-13(2)24-14(3)11-20;/h4-7,12-14H,8-11,18H2,1-3H3,(H,19,21);1H. The first kappa shape index (κ1) is 22.9. The molecule has 0 radical (unpaired) electrons. The number of hydrogen-bond donors (Lipinski definition) is 2. The molecule has 3 unspecified atom stereocenters. The fourth-order valence-electron chi connectivity index (χ4n) is 2.77. The van der Waals surface area contributed by atoms with E-state index in [2.05, 4.69) is 5.32 Å². The van der Waals surface area contributed by atoms with Gasteiger partial charge in [-0.05, 0) is 51.5 Å². The summed E-state index contributed by atoms with van der Waals surface area (Å²) < 4.78 is 32.5. The van der Waals surface area contributed by atoms with Crippen LogP contribution in [0.2, 0.25) is 0 Å². The second kappa shape index (κ2) is 9.66. The van der Waals surface area contributed by atoms with E-state index in [4.69, 9.17) is 10.5 Å². The molecule has 7 nitrogen and oxygen atoms in total. The molecule has 1 saturated heterocycles. The molecular formula is C17H28ClN3O4S. The van der Waals surface area contributed by atoms with E-state index in [9.17, 15) is 13.2 Å². The molecule has 0 spiro atoms. The number of sulfonamides is 1. The Morgan fingerprint density at radius 3 is 2.31 bits per heavy atom. The molecule has 3 atom stereocenters. The Hall–Kier alpha value is -1.19. The lowest BCUT2D eigenvalue weighted by Gasteiger charge is -2.34. The number of halogens is 1. The Balaban J connectivity index is 0.00000338. The van der Waals surface area contributed by atoms with Gasteiger partial charge in [0.1, 0.15) is 0 Å². The van der Waals surface area contributed by atoms with Crippen molar-refractivity contribution in [1.82, 2.24) is 9.62 Å². The lowest BCUT2D eigenvalue weighted by molar-refractivity contribution is -0.0440. The Morgan fingerprint density at radius 1 is 1.27 bits per heavy atom. The molecule has 0 aromatic heterocycles. The maximum absolute atomic E-state index is 12.8. The van der Waals surface area contributed by atoms with Gasteiger partial charge >= 0.3 is 0 Å². The van der Waals surface area contributed by atoms with Crippen molar-refractivity contribution in [1.29, 1.82) is 0 Å². The predicted octanol–water partition coefficient (Wildman–Crippen LogP) is 1.37. The second-order valence-corrected chi connectivity index (χ2v) is 8.56. The highest BCUT2D eigenvalue weighted by Crippen LogP contribution is 2.21. The molecule has 0 aliphatic carbocycles. The van der Waals surface area contributed by atoms with Gasteiger partial charge in [-0.15, -0.1) is 12.4 Å². The summed E-state index contributed by atoms with van der Waals surface area (Å²) in [6.07, 6.45) is 0.396. The molecule has 0 bridgehead atoms. The molecule has 0 saturated carbocycles. The number of carbonyl (C=O) groups is 1. The number of nitrogens with one attached hydrogen (secondary N) is 1. The van der Waals surface area contributed by atoms with Crippen molar-refractivity contribution in [3.63, 3.8) is 0 Å². The maximum atomic E-state index is 12.8. The number of nitrogens with two attached hydrogens (primary N) is 1. The van der Waals surface area contributed by atoms with E-state index in [1.807, 2.05) is 20.8 Å². The smallest absolute Gasteiger partial charge is 0.251 e. The van der Waals surface area contributed by atoms with Crippen LogP contribution < -0.4 is 11.1 Å². The van der Waals surface area contributed by atoms with Crippen LogP contribution in [0.15, 0.2) is 29.2 Å². The van der Waals surface area contributed by atoms with Crippen LogP contribution in [-0.2, 0) is 14.8 Å². The number of amides is 1. The Labute approximate surface area is 161 Å². The summed E-state index contributed by atoms with van der Waals surface area (Å²) in [6.45, 7) is 6.72. The van der Waals surface area contributed by atoms with Crippen molar-refractivity contribution in [2.24, 2.45) is 5.73 Å². The van der Waals surface area contributed by atoms with Crippen LogP contribution >= 0.6 is 12.4 Å². The first-order valence-corrected chi connectivity index (χ1v) is 9.93. The van der Waals surface area contributed by atoms with E-state index in [0.29, 0.717) is 31.6 Å². The summed E-state index contributed by atoms with van der Waals surface area (Å²) in [7, 11) is -3.59. The van der Waals surface area contributed by atoms with Crippen LogP contribution in [0, 0.1) is 0 Å². The quantitative estimate of drug-likeness (QED) is 0.744. The van der Waals surface area contributed by atoms with Crippen LogP contribution in [0.25, 0.3) is 0 Å². The number of benzene rings is 1. The number of morpholine rings is 1. The molecule has 9 heteroatoms. The first-order chi connectivity index (χ1) is 11.7. The van der Waals surface area contributed by atoms with Crippen LogP contribution in [0.5, 0.6) is 0 Å². The van der Waals surface area contributed by atoms with E-state index >= 15 is 0 Å². The van der Waals surface area contributed by atoms with E-state index in [1.165, 1.54) is 28.6 Å². The SMILES string of the molecule is CC(N)CCNC(=O)c1ccc(S(=O)(=O)N2CC(C)OC(C)C2)cc1.Cl. The molecular weight excluding hydrogens is 378 g/mol. The van der Waals surface area contributed by atoms with Gasteiger partial charge in [0.05, 0.1) is 17.1 Å². The average Bonchev–Trinajstić information content (AvgIpc) is 2.53. The van der Waals surface area contributed by atoms with Crippen LogP contribution in [0.1, 0.15) is 37.6 Å². The molecule has 148 valence electrons. The number of hydrogen-bond acceptors (Lipinski definition) is 5. The van der Waals surface area contributed by atoms with E-state index < -0.39 is 10.0 Å². The Morgan fingerprint density at radius 2 is 1.81 bits per heavy atom. The minimum absolute atomic E-state index is 0. The predicted molar refractivity (Wildman–Crippen MR) is 103 cm³/mol. The highest BCUT2D eigenvalue weighted by atomic mass is 35.5. The Kier molecular flexibility index (Phi) is 8.49. The van der Waals surface area contributed by atoms with Crippen molar-refractivity contribution in [2.75, 3.05) is 19.6 Å². The summed E-state index contributed by atoms with van der Waals surface area (Å²) in [6, 6.07) is 6.02. The summed E-state index contributed by atoms with van der Waals surface area (Å²) in [5.74, 6) is -0.238. The molecule has 2 rings (SSSR count). The van der Waals surface area contributed by atoms with E-state index in [-0.39, 0.29) is 41.5 Å². The number of rotatable bonds is 6. The van der Waals surface area contributed by atoms with Gasteiger partial charge in [-0.3, -0.25) is 4.79 Å². The van der Waals surface area contributed by atoms with Gasteiger partial charge in [0.2, 0.25) is 10.0 Å². The van der Waals surface area contributed by atoms with Gasteiger partial charge in [0.25, 0.3) is 5.91 Å². The monoisotopic (exact) mass is 405 g/mol. The van der Waals surface area contributed by atoms with Crippen molar-refractivity contribution >= 4 is 28.3 Å². The van der Waals surface area contributed by atoms with Gasteiger partial charge in [0, 0.05) is 31.2 Å². The molecule has 3 N–H and O–H groups in total. The summed E-state index contributed by atoms with van der Waals surface area (Å²) >= 11 is 0. The highest BCUT2D eigenvalue weighted by Gasteiger charge is 2.32. The van der Waals surface area contributed by atoms with Crippen LogP contribution in [0.3, 0.4) is 0 Å². The summed E-state index contributed by atoms with van der Waals surface area (Å²) in [4.78, 5) is 12.2. The van der Waals surface area contributed by atoms with Crippen molar-refractivity contribution < 1.29 is 17.9 Å². The number of ether oxygens (including phenoxy) is 1. The van der Waals surface area contributed by atoms with Gasteiger partial charge in [-0.25, -0.2) is 8.42 Å². The minimum Gasteiger partial charge on any atom is -0.373 e. The third kappa shape index (κ3) is 5.92. The third-order valence-electron chi connectivity index (χ3n) is 4.03. The molecule has 1 aliphatic heterocycles. The second-order valence-electron chi connectivity index (χ2n) is 6.63. The van der Waals surface area contributed by atoms with Crippen molar-refractivity contribution in [3.05, 3.63) is 29.8 Å². The molecule has 1 heterocycles. The van der Waals surface area contributed by atoms with Gasteiger partial charge < -0.3 is 15.8 Å². The van der Waals surface area contributed by atoms with E-state index in [1.54, 1.807) is 0 Å². The molecule has 26 heavy (non-hydrogen) atoms.